The zero-order chi connectivity index (χ0) is 36.6. The average molecular weight is 703 g/mol. The van der Waals surface area contributed by atoms with Gasteiger partial charge in [0.05, 0.1) is 24.3 Å². The Morgan fingerprint density at radius 1 is 0.962 bits per heavy atom. The first-order valence-electron chi connectivity index (χ1n) is 17.0. The molecule has 1 aromatic heterocycles. The minimum Gasteiger partial charge on any atom is -0.507 e. The van der Waals surface area contributed by atoms with E-state index in [9.17, 15) is 24.6 Å². The van der Waals surface area contributed by atoms with Crippen LogP contribution in [0.5, 0.6) is 17.4 Å². The molecule has 0 bridgehead atoms. The summed E-state index contributed by atoms with van der Waals surface area (Å²) in [5.74, 6) is -3.61. The second kappa shape index (κ2) is 14.1. The number of hydrogen-bond acceptors (Lipinski definition) is 11. The van der Waals surface area contributed by atoms with Gasteiger partial charge in [0.1, 0.15) is 36.0 Å². The average Bonchev–Trinajstić information content (AvgIpc) is 3.58. The van der Waals surface area contributed by atoms with Crippen molar-refractivity contribution in [3.8, 4) is 17.4 Å². The molecular formula is C41H38N2O9. The Bertz CT molecular complexity index is 2080. The number of fused-ring (bicyclic) bond motifs is 4. The highest BCUT2D eigenvalue weighted by Gasteiger charge is 2.66. The second-order valence-corrected chi connectivity index (χ2v) is 13.2. The molecule has 11 nitrogen and oxygen atoms in total. The van der Waals surface area contributed by atoms with Gasteiger partial charge >= 0.3 is 0 Å². The number of hydrogen-bond donors (Lipinski definition) is 2. The van der Waals surface area contributed by atoms with E-state index in [2.05, 4.69) is 18.3 Å². The molecule has 1 fully saturated rings. The Morgan fingerprint density at radius 2 is 1.60 bits per heavy atom. The van der Waals surface area contributed by atoms with Gasteiger partial charge in [-0.1, -0.05) is 72.8 Å². The molecule has 7 rings (SSSR count). The lowest BCUT2D eigenvalue weighted by molar-refractivity contribution is -0.143. The van der Waals surface area contributed by atoms with Crippen molar-refractivity contribution in [2.75, 3.05) is 20.2 Å². The Balaban J connectivity index is 1.36. The molecule has 0 spiro atoms. The van der Waals surface area contributed by atoms with Crippen LogP contribution in [0.15, 0.2) is 102 Å². The molecule has 0 aliphatic heterocycles. The third-order valence-electron chi connectivity index (χ3n) is 10.2. The number of nitrogens with zero attached hydrogens (tertiary/aromatic N) is 2. The van der Waals surface area contributed by atoms with Gasteiger partial charge in [0.15, 0.2) is 17.6 Å². The van der Waals surface area contributed by atoms with E-state index >= 15 is 0 Å². The zero-order valence-corrected chi connectivity index (χ0v) is 28.6. The van der Waals surface area contributed by atoms with Gasteiger partial charge in [-0.15, -0.1) is 13.2 Å². The summed E-state index contributed by atoms with van der Waals surface area (Å²) in [6, 6.07) is 19.2. The number of aromatic nitrogens is 1. The Kier molecular flexibility index (Phi) is 9.39. The molecule has 266 valence electrons. The Hall–Kier alpha value is -5.78. The van der Waals surface area contributed by atoms with Crippen molar-refractivity contribution in [2.45, 2.75) is 37.7 Å². The molecule has 1 saturated carbocycles. The topological polar surface area (TPSA) is 149 Å². The monoisotopic (exact) mass is 702 g/mol. The number of methoxy groups -OCH3 is 1. The van der Waals surface area contributed by atoms with Crippen LogP contribution in [0.3, 0.4) is 0 Å². The first-order valence-corrected chi connectivity index (χ1v) is 17.0. The maximum atomic E-state index is 14.9. The Labute approximate surface area is 300 Å². The second-order valence-electron chi connectivity index (χ2n) is 13.2. The van der Waals surface area contributed by atoms with Gasteiger partial charge in [0.2, 0.25) is 11.6 Å². The van der Waals surface area contributed by atoms with Crippen molar-refractivity contribution >= 4 is 23.6 Å². The zero-order valence-electron chi connectivity index (χ0n) is 28.6. The summed E-state index contributed by atoms with van der Waals surface area (Å²) in [5.41, 5.74) is -0.363. The summed E-state index contributed by atoms with van der Waals surface area (Å²) in [6.45, 7) is 8.54. The number of ketones is 2. The van der Waals surface area contributed by atoms with Crippen LogP contribution in [0.25, 0.3) is 5.76 Å². The van der Waals surface area contributed by atoms with Crippen LogP contribution < -0.4 is 14.2 Å². The highest BCUT2D eigenvalue weighted by molar-refractivity contribution is 6.26. The summed E-state index contributed by atoms with van der Waals surface area (Å²) in [6.07, 6.45) is 4.22. The molecule has 0 unspecified atom stereocenters. The lowest BCUT2D eigenvalue weighted by Gasteiger charge is -2.50. The number of aliphatic hydroxyl groups is 2. The van der Waals surface area contributed by atoms with E-state index in [4.69, 9.17) is 18.7 Å². The summed E-state index contributed by atoms with van der Waals surface area (Å²) in [4.78, 5) is 43.6. The van der Waals surface area contributed by atoms with E-state index in [-0.39, 0.29) is 71.5 Å². The van der Waals surface area contributed by atoms with Crippen LogP contribution in [0.2, 0.25) is 0 Å². The van der Waals surface area contributed by atoms with E-state index in [0.717, 1.165) is 11.1 Å². The predicted molar refractivity (Wildman–Crippen MR) is 190 cm³/mol. The predicted octanol–water partition coefficient (Wildman–Crippen LogP) is 6.03. The quantitative estimate of drug-likeness (QED) is 0.0956. The van der Waals surface area contributed by atoms with E-state index in [1.807, 2.05) is 65.6 Å². The lowest BCUT2D eigenvalue weighted by atomic mass is 9.57. The van der Waals surface area contributed by atoms with E-state index in [0.29, 0.717) is 24.9 Å². The lowest BCUT2D eigenvalue weighted by Crippen LogP contribution is -2.63. The summed E-state index contributed by atoms with van der Waals surface area (Å²) < 4.78 is 23.7. The number of carbonyl (C=O) groups is 3. The summed E-state index contributed by atoms with van der Waals surface area (Å²) in [7, 11) is 1.43. The van der Waals surface area contributed by atoms with E-state index in [1.165, 1.54) is 13.2 Å². The fraction of sp³-hybridized carbons (Fsp3) is 0.268. The molecule has 0 radical (unpaired) electrons. The molecule has 52 heavy (non-hydrogen) atoms. The van der Waals surface area contributed by atoms with Crippen LogP contribution >= 0.6 is 0 Å². The number of Topliss-reactive ketones (excluding diaryl/α,β-unsaturated/α-hetero) is 2. The Morgan fingerprint density at radius 3 is 2.19 bits per heavy atom. The smallest absolute Gasteiger partial charge is 0.265 e. The van der Waals surface area contributed by atoms with Gasteiger partial charge in [0.25, 0.3) is 5.88 Å². The van der Waals surface area contributed by atoms with Crippen molar-refractivity contribution in [2.24, 2.45) is 11.8 Å². The fourth-order valence-corrected chi connectivity index (χ4v) is 7.95. The molecule has 0 saturated heterocycles. The van der Waals surface area contributed by atoms with E-state index in [1.54, 1.807) is 12.2 Å². The van der Waals surface area contributed by atoms with Crippen LogP contribution in [-0.4, -0.2) is 63.9 Å². The van der Waals surface area contributed by atoms with Crippen LogP contribution in [-0.2, 0) is 24.4 Å². The van der Waals surface area contributed by atoms with Gasteiger partial charge in [0, 0.05) is 30.1 Å². The summed E-state index contributed by atoms with van der Waals surface area (Å²) >= 11 is 0. The number of aldehydes is 1. The third kappa shape index (κ3) is 5.62. The van der Waals surface area contributed by atoms with Gasteiger partial charge in [-0.3, -0.25) is 19.3 Å². The maximum absolute atomic E-state index is 14.9. The van der Waals surface area contributed by atoms with Gasteiger partial charge < -0.3 is 28.9 Å². The number of carbonyl (C=O) groups excluding carboxylic acids is 3. The molecule has 1 heterocycles. The molecule has 2 N–H and O–H groups in total. The van der Waals surface area contributed by atoms with Gasteiger partial charge in [-0.2, -0.15) is 0 Å². The maximum Gasteiger partial charge on any atom is 0.265 e. The van der Waals surface area contributed by atoms with Crippen LogP contribution in [0.4, 0.5) is 0 Å². The minimum atomic E-state index is -2.62. The molecular weight excluding hydrogens is 664 g/mol. The number of rotatable bonds is 13. The molecule has 3 aliphatic carbocycles. The van der Waals surface area contributed by atoms with Crippen molar-refractivity contribution < 1.29 is 43.3 Å². The first-order chi connectivity index (χ1) is 25.3. The standard InChI is InChI=1S/C41H38N2O9/c1-4-16-43(17-5-2)34-29-19-26-18-28-32(30(20-27(21-44)36(28)49-3)50-22-24-12-8-6-9-13-24)35(45)31(26)38(46)41(29,48)39(47)33-37(34)52-42-40(33)51-23-25-14-10-7-11-15-25/h4-15,20-21,26,29,34,45,48H,1-2,16-19,22-23H2,3H3/t26-,29-,34-,41-/m0/s1. The van der Waals surface area contributed by atoms with Gasteiger partial charge in [-0.25, -0.2) is 0 Å². The molecule has 0 amide bonds. The molecule has 11 heteroatoms. The highest BCUT2D eigenvalue weighted by Crippen LogP contribution is 2.57. The molecule has 4 atom stereocenters. The molecule has 3 aromatic carbocycles. The van der Waals surface area contributed by atoms with Crippen molar-refractivity contribution in [3.05, 3.63) is 137 Å². The molecule has 3 aliphatic rings. The van der Waals surface area contributed by atoms with E-state index < -0.39 is 40.8 Å². The highest BCUT2D eigenvalue weighted by atomic mass is 16.5. The normalized spacial score (nSPS) is 21.8. The van der Waals surface area contributed by atoms with Crippen molar-refractivity contribution in [1.82, 2.24) is 10.1 Å². The number of benzene rings is 3. The third-order valence-corrected chi connectivity index (χ3v) is 10.2. The number of aliphatic hydroxyl groups excluding tert-OH is 1. The minimum absolute atomic E-state index is 0.0533. The van der Waals surface area contributed by atoms with Gasteiger partial charge in [-0.05, 0) is 41.1 Å². The van der Waals surface area contributed by atoms with Crippen molar-refractivity contribution in [1.29, 1.82) is 0 Å². The van der Waals surface area contributed by atoms with Crippen LogP contribution in [0, 0.1) is 11.8 Å². The molecule has 4 aromatic rings. The number of ether oxygens (including phenoxy) is 3. The SMILES string of the molecule is C=CCN(CC=C)[C@@H]1c2onc(OCc3ccccc3)c2C(=O)[C@@]2(O)C(=O)C3=C(O)c4c(OCc5ccccc5)cc(C=O)c(OC)c4C[C@H]3C[C@@H]12. The summed E-state index contributed by atoms with van der Waals surface area (Å²) in [5, 5.41) is 28.8. The largest absolute Gasteiger partial charge is 0.507 e. The van der Waals surface area contributed by atoms with Crippen molar-refractivity contribution in [3.63, 3.8) is 0 Å². The fourth-order valence-electron chi connectivity index (χ4n) is 7.95. The first kappa shape index (κ1) is 34.7. The van der Waals surface area contributed by atoms with Crippen LogP contribution in [0.1, 0.15) is 61.2 Å².